The molecule has 0 saturated carbocycles. The van der Waals surface area contributed by atoms with Gasteiger partial charge in [-0.1, -0.05) is 0 Å². The topological polar surface area (TPSA) is 75.7 Å². The Hall–Kier alpha value is -1.49. The quantitative estimate of drug-likeness (QED) is 0.596. The molecule has 0 atom stereocenters. The minimum atomic E-state index is -0.750. The number of hydrogen-bond donors (Lipinski definition) is 3. The molecule has 0 bridgehead atoms. The Bertz CT molecular complexity index is 328. The van der Waals surface area contributed by atoms with Gasteiger partial charge in [-0.3, -0.25) is 0 Å². The molecule has 1 aromatic carbocycles. The van der Waals surface area contributed by atoms with Crippen LogP contribution in [-0.4, -0.2) is 17.3 Å². The Kier molecular flexibility index (Phi) is 2.57. The maximum absolute atomic E-state index is 13.2. The zero-order chi connectivity index (χ0) is 10.0. The molecular formula is C8H10FNO3. The van der Waals surface area contributed by atoms with Crippen molar-refractivity contribution in [2.75, 3.05) is 7.11 Å². The largest absolute Gasteiger partial charge is 0.504 e. The van der Waals surface area contributed by atoms with Crippen molar-refractivity contribution in [3.05, 3.63) is 17.4 Å². The molecule has 0 aliphatic heterocycles. The van der Waals surface area contributed by atoms with Crippen LogP contribution in [0.15, 0.2) is 6.07 Å². The molecule has 0 radical (unpaired) electrons. The minimum absolute atomic E-state index is 0.143. The summed E-state index contributed by atoms with van der Waals surface area (Å²) in [7, 11) is 1.26. The predicted octanol–water partition coefficient (Wildman–Crippen LogP) is 0.704. The monoisotopic (exact) mass is 187 g/mol. The SMILES string of the molecule is COc1cc(O)c(O)c(CN)c1F. The van der Waals surface area contributed by atoms with Crippen molar-refractivity contribution in [1.82, 2.24) is 0 Å². The van der Waals surface area contributed by atoms with Gasteiger partial charge in [-0.25, -0.2) is 4.39 Å². The zero-order valence-corrected chi connectivity index (χ0v) is 7.04. The molecule has 0 unspecified atom stereocenters. The molecule has 1 aromatic rings. The first-order valence-electron chi connectivity index (χ1n) is 3.59. The number of phenolic OH excluding ortho intramolecular Hbond substituents is 2. The van der Waals surface area contributed by atoms with Crippen molar-refractivity contribution in [3.63, 3.8) is 0 Å². The third kappa shape index (κ3) is 1.50. The molecular weight excluding hydrogens is 177 g/mol. The fourth-order valence-electron chi connectivity index (χ4n) is 0.998. The summed E-state index contributed by atoms with van der Waals surface area (Å²) in [4.78, 5) is 0. The van der Waals surface area contributed by atoms with Crippen LogP contribution in [0.4, 0.5) is 4.39 Å². The van der Waals surface area contributed by atoms with Gasteiger partial charge in [0.15, 0.2) is 23.1 Å². The molecule has 4 nitrogen and oxygen atoms in total. The average Bonchev–Trinajstić information content (AvgIpc) is 2.12. The Balaban J connectivity index is 3.39. The van der Waals surface area contributed by atoms with Gasteiger partial charge in [-0.05, 0) is 0 Å². The van der Waals surface area contributed by atoms with Crippen LogP contribution in [-0.2, 0) is 6.54 Å². The average molecular weight is 187 g/mol. The fourth-order valence-corrected chi connectivity index (χ4v) is 0.998. The summed E-state index contributed by atoms with van der Waals surface area (Å²) in [5.74, 6) is -1.88. The minimum Gasteiger partial charge on any atom is -0.504 e. The number of aromatic hydroxyl groups is 2. The molecule has 0 amide bonds. The van der Waals surface area contributed by atoms with Crippen LogP contribution in [0.25, 0.3) is 0 Å². The molecule has 0 fully saturated rings. The van der Waals surface area contributed by atoms with Gasteiger partial charge in [-0.15, -0.1) is 0 Å². The molecule has 0 saturated heterocycles. The van der Waals surface area contributed by atoms with E-state index in [1.54, 1.807) is 0 Å². The lowest BCUT2D eigenvalue weighted by Crippen LogP contribution is -2.02. The number of ether oxygens (including phenoxy) is 1. The van der Waals surface area contributed by atoms with Crippen molar-refractivity contribution in [1.29, 1.82) is 0 Å². The highest BCUT2D eigenvalue weighted by Gasteiger charge is 2.16. The third-order valence-corrected chi connectivity index (χ3v) is 1.70. The van der Waals surface area contributed by atoms with E-state index in [4.69, 9.17) is 10.8 Å². The molecule has 5 heteroatoms. The van der Waals surface area contributed by atoms with Crippen molar-refractivity contribution in [2.45, 2.75) is 6.54 Å². The van der Waals surface area contributed by atoms with Crippen molar-refractivity contribution >= 4 is 0 Å². The van der Waals surface area contributed by atoms with Crippen LogP contribution in [0.5, 0.6) is 17.2 Å². The highest BCUT2D eigenvalue weighted by atomic mass is 19.1. The van der Waals surface area contributed by atoms with Gasteiger partial charge in [0, 0.05) is 12.6 Å². The van der Waals surface area contributed by atoms with Crippen LogP contribution in [0.3, 0.4) is 0 Å². The number of nitrogens with two attached hydrogens (primary N) is 1. The second kappa shape index (κ2) is 3.49. The molecule has 72 valence electrons. The standard InChI is InChI=1S/C8H10FNO3/c1-13-6-2-5(11)8(12)4(3-10)7(6)9/h2,11-12H,3,10H2,1H3. The van der Waals surface area contributed by atoms with Crippen LogP contribution >= 0.6 is 0 Å². The molecule has 4 N–H and O–H groups in total. The maximum Gasteiger partial charge on any atom is 0.173 e. The zero-order valence-electron chi connectivity index (χ0n) is 7.04. The Labute approximate surface area is 74.4 Å². The van der Waals surface area contributed by atoms with E-state index < -0.39 is 17.3 Å². The number of rotatable bonds is 2. The second-order valence-corrected chi connectivity index (χ2v) is 2.44. The Morgan fingerprint density at radius 3 is 2.62 bits per heavy atom. The molecule has 0 heterocycles. The normalized spacial score (nSPS) is 10.1. The summed E-state index contributed by atoms with van der Waals surface area (Å²) in [6.45, 7) is -0.206. The Morgan fingerprint density at radius 1 is 1.54 bits per heavy atom. The predicted molar refractivity (Wildman–Crippen MR) is 44.2 cm³/mol. The van der Waals surface area contributed by atoms with Gasteiger partial charge >= 0.3 is 0 Å². The molecule has 13 heavy (non-hydrogen) atoms. The van der Waals surface area contributed by atoms with Crippen molar-refractivity contribution in [2.24, 2.45) is 5.73 Å². The first kappa shape index (κ1) is 9.60. The van der Waals surface area contributed by atoms with Gasteiger partial charge in [0.05, 0.1) is 12.7 Å². The third-order valence-electron chi connectivity index (χ3n) is 1.70. The van der Waals surface area contributed by atoms with Gasteiger partial charge in [-0.2, -0.15) is 0 Å². The number of methoxy groups -OCH3 is 1. The first-order chi connectivity index (χ1) is 6.11. The molecule has 0 aliphatic rings. The second-order valence-electron chi connectivity index (χ2n) is 2.44. The molecule has 1 rings (SSSR count). The number of halogens is 1. The van der Waals surface area contributed by atoms with Crippen LogP contribution in [0, 0.1) is 5.82 Å². The number of hydrogen-bond acceptors (Lipinski definition) is 4. The van der Waals surface area contributed by atoms with E-state index in [2.05, 4.69) is 4.74 Å². The van der Waals surface area contributed by atoms with Gasteiger partial charge in [0.1, 0.15) is 0 Å². The Morgan fingerprint density at radius 2 is 2.15 bits per heavy atom. The van der Waals surface area contributed by atoms with Gasteiger partial charge in [0.2, 0.25) is 0 Å². The summed E-state index contributed by atoms with van der Waals surface area (Å²) in [6, 6.07) is 0.990. The highest BCUT2D eigenvalue weighted by Crippen LogP contribution is 2.36. The van der Waals surface area contributed by atoms with E-state index in [0.717, 1.165) is 6.07 Å². The summed E-state index contributed by atoms with van der Waals surface area (Å²) >= 11 is 0. The first-order valence-corrected chi connectivity index (χ1v) is 3.59. The number of benzene rings is 1. The van der Waals surface area contributed by atoms with E-state index in [-0.39, 0.29) is 17.9 Å². The summed E-state index contributed by atoms with van der Waals surface area (Å²) < 4.78 is 17.9. The highest BCUT2D eigenvalue weighted by molar-refractivity contribution is 5.51. The smallest absolute Gasteiger partial charge is 0.173 e. The molecule has 0 spiro atoms. The van der Waals surface area contributed by atoms with Crippen LogP contribution < -0.4 is 10.5 Å². The van der Waals surface area contributed by atoms with E-state index in [1.165, 1.54) is 7.11 Å². The van der Waals surface area contributed by atoms with Crippen molar-refractivity contribution in [3.8, 4) is 17.2 Å². The summed E-state index contributed by atoms with van der Waals surface area (Å²) in [5.41, 5.74) is 5.02. The summed E-state index contributed by atoms with van der Waals surface area (Å²) in [5, 5.41) is 18.3. The number of phenols is 2. The molecule has 0 aromatic heterocycles. The van der Waals surface area contributed by atoms with Crippen molar-refractivity contribution < 1.29 is 19.3 Å². The van der Waals surface area contributed by atoms with E-state index in [9.17, 15) is 9.50 Å². The fraction of sp³-hybridized carbons (Fsp3) is 0.250. The lowest BCUT2D eigenvalue weighted by Gasteiger charge is -2.09. The summed E-state index contributed by atoms with van der Waals surface area (Å²) in [6.07, 6.45) is 0. The van der Waals surface area contributed by atoms with Gasteiger partial charge in [0.25, 0.3) is 0 Å². The maximum atomic E-state index is 13.2. The van der Waals surface area contributed by atoms with Gasteiger partial charge < -0.3 is 20.7 Å². The lowest BCUT2D eigenvalue weighted by atomic mass is 10.1. The molecule has 0 aliphatic carbocycles. The lowest BCUT2D eigenvalue weighted by molar-refractivity contribution is 0.359. The van der Waals surface area contributed by atoms with E-state index >= 15 is 0 Å². The van der Waals surface area contributed by atoms with E-state index in [1.807, 2.05) is 0 Å². The van der Waals surface area contributed by atoms with E-state index in [0.29, 0.717) is 0 Å². The van der Waals surface area contributed by atoms with Crippen LogP contribution in [0.2, 0.25) is 0 Å². The van der Waals surface area contributed by atoms with Crippen LogP contribution in [0.1, 0.15) is 5.56 Å².